The molecule has 0 aliphatic rings. The number of carbonyl (C=O) groups excluding carboxylic acids is 1. The Labute approximate surface area is 303 Å². The van der Waals surface area contributed by atoms with Crippen LogP contribution in [0.2, 0.25) is 6.04 Å². The molecule has 0 unspecified atom stereocenters. The molecule has 0 fully saturated rings. The smallest absolute Gasteiger partial charge is 0.211 e. The second kappa shape index (κ2) is 39.9. The van der Waals surface area contributed by atoms with Gasteiger partial charge in [0.15, 0.2) is 0 Å². The van der Waals surface area contributed by atoms with Gasteiger partial charge in [0.25, 0.3) is 0 Å². The minimum absolute atomic E-state index is 0.666. The zero-order valence-corrected chi connectivity index (χ0v) is 33.8. The van der Waals surface area contributed by atoms with Crippen molar-refractivity contribution in [2.45, 2.75) is 244 Å². The van der Waals surface area contributed by atoms with E-state index in [-0.39, 0.29) is 0 Å². The van der Waals surface area contributed by atoms with Crippen LogP contribution in [-0.4, -0.2) is 18.6 Å². The van der Waals surface area contributed by atoms with E-state index in [2.05, 4.69) is 4.99 Å². The fourth-order valence-electron chi connectivity index (χ4n) is 6.75. The van der Waals surface area contributed by atoms with E-state index in [1.54, 1.807) is 6.08 Å². The van der Waals surface area contributed by atoms with E-state index in [0.717, 1.165) is 18.9 Å². The Morgan fingerprint density at radius 3 is 0.652 bits per heavy atom. The van der Waals surface area contributed by atoms with Crippen molar-refractivity contribution in [1.82, 2.24) is 0 Å². The molecule has 0 bridgehead atoms. The van der Waals surface area contributed by atoms with E-state index in [9.17, 15) is 4.79 Å². The first-order valence-electron chi connectivity index (χ1n) is 20.7. The summed E-state index contributed by atoms with van der Waals surface area (Å²) in [5.41, 5.74) is 0. The molecule has 2 nitrogen and oxygen atoms in total. The van der Waals surface area contributed by atoms with Crippen LogP contribution in [0.25, 0.3) is 0 Å². The maximum Gasteiger partial charge on any atom is 0.341 e. The van der Waals surface area contributed by atoms with E-state index < -0.39 is 6.00 Å². The van der Waals surface area contributed by atoms with Crippen LogP contribution < -0.4 is 0 Å². The molecule has 0 saturated carbocycles. The predicted molar refractivity (Wildman–Crippen MR) is 212 cm³/mol. The van der Waals surface area contributed by atoms with Crippen molar-refractivity contribution in [3.63, 3.8) is 0 Å². The number of nitrogens with zero attached hydrogens (tertiary/aromatic N) is 1. The maximum atomic E-state index is 10.0. The number of hydrogen-bond donors (Lipinski definition) is 0. The number of rotatable bonds is 40. The summed E-state index contributed by atoms with van der Waals surface area (Å²) in [7, 11) is 0. The fraction of sp³-hybridized carbons (Fsp3) is 0.975. The molecule has 0 heterocycles. The van der Waals surface area contributed by atoms with Gasteiger partial charge >= 0.3 is 6.00 Å². The molecule has 274 valence electrons. The van der Waals surface area contributed by atoms with Gasteiger partial charge in [0.05, 0.1) is 6.54 Å². The Balaban J connectivity index is 3.06. The van der Waals surface area contributed by atoms with Gasteiger partial charge in [0.1, 0.15) is 0 Å². The number of isocyanates is 1. The summed E-state index contributed by atoms with van der Waals surface area (Å²) in [5.74, 6) is 0. The molecule has 0 aromatic heterocycles. The Bertz CT molecular complexity index is 624. The Kier molecular flexibility index (Phi) is 40.3. The largest absolute Gasteiger partial charge is 0.341 e. The molecule has 0 N–H and O–H groups in total. The molecule has 6 heteroatoms. The van der Waals surface area contributed by atoms with Crippen LogP contribution in [0.3, 0.4) is 0 Å². The molecule has 0 radical (unpaired) electrons. The zero-order valence-electron chi connectivity index (χ0n) is 30.6. The average molecular weight is 724 g/mol. The van der Waals surface area contributed by atoms with Gasteiger partial charge in [-0.15, -0.1) is 33.2 Å². The number of hydrogen-bond acceptors (Lipinski definition) is 2. The number of halogens is 3. The summed E-state index contributed by atoms with van der Waals surface area (Å²) in [6.07, 6.45) is 53.5. The van der Waals surface area contributed by atoms with Gasteiger partial charge in [-0.3, -0.25) is 0 Å². The molecule has 0 rings (SSSR count). The number of unbranched alkanes of at least 4 members (excludes halogenated alkanes) is 36. The molecule has 0 saturated heterocycles. The van der Waals surface area contributed by atoms with Gasteiger partial charge in [0.2, 0.25) is 6.08 Å². The standard InChI is InChI=1S/C40H78Cl3NOSi/c41-46(42,43)39-37-35-33-31-29-27-25-23-21-19-17-15-13-11-9-7-5-3-1-2-4-6-8-10-12-14-16-18-20-22-24-26-28-30-32-34-36-38-44-40-45/h1-39H2. The highest BCUT2D eigenvalue weighted by Gasteiger charge is 2.23. The Hall–Kier alpha value is 0.467. The van der Waals surface area contributed by atoms with Crippen molar-refractivity contribution >= 4 is 45.3 Å². The highest BCUT2D eigenvalue weighted by atomic mass is 35.8. The summed E-state index contributed by atoms with van der Waals surface area (Å²) < 4.78 is 0. The van der Waals surface area contributed by atoms with E-state index >= 15 is 0 Å². The van der Waals surface area contributed by atoms with Crippen LogP contribution in [0.1, 0.15) is 238 Å². The molecule has 0 aliphatic carbocycles. The third kappa shape index (κ3) is 44.5. The van der Waals surface area contributed by atoms with Gasteiger partial charge in [0, 0.05) is 0 Å². The van der Waals surface area contributed by atoms with Crippen LogP contribution in [0.5, 0.6) is 0 Å². The lowest BCUT2D eigenvalue weighted by molar-refractivity contribution is 0.510. The molecule has 0 amide bonds. The molecule has 0 atom stereocenters. The van der Waals surface area contributed by atoms with E-state index in [0.29, 0.717) is 6.54 Å². The first-order valence-corrected chi connectivity index (χ1v) is 25.9. The van der Waals surface area contributed by atoms with Crippen molar-refractivity contribution in [2.75, 3.05) is 6.54 Å². The van der Waals surface area contributed by atoms with Crippen LogP contribution >= 0.6 is 33.2 Å². The van der Waals surface area contributed by atoms with Crippen molar-refractivity contribution in [1.29, 1.82) is 0 Å². The summed E-state index contributed by atoms with van der Waals surface area (Å²) in [4.78, 5) is 13.6. The molecule has 0 aromatic rings. The second-order valence-corrected chi connectivity index (χ2v) is 23.7. The van der Waals surface area contributed by atoms with Crippen molar-refractivity contribution in [3.05, 3.63) is 0 Å². The van der Waals surface area contributed by atoms with Gasteiger partial charge in [-0.2, -0.15) is 0 Å². The van der Waals surface area contributed by atoms with E-state index in [1.807, 2.05) is 0 Å². The lowest BCUT2D eigenvalue weighted by atomic mass is 10.0. The van der Waals surface area contributed by atoms with Crippen molar-refractivity contribution in [3.8, 4) is 0 Å². The van der Waals surface area contributed by atoms with Crippen molar-refractivity contribution < 1.29 is 4.79 Å². The molecular formula is C40H78Cl3NOSi. The van der Waals surface area contributed by atoms with Gasteiger partial charge in [-0.1, -0.05) is 231 Å². The summed E-state index contributed by atoms with van der Waals surface area (Å²) in [6.45, 7) is 0.666. The Morgan fingerprint density at radius 2 is 0.478 bits per heavy atom. The topological polar surface area (TPSA) is 29.4 Å². The predicted octanol–water partition coefficient (Wildman–Crippen LogP) is 16.4. The van der Waals surface area contributed by atoms with E-state index in [1.165, 1.54) is 225 Å². The van der Waals surface area contributed by atoms with Gasteiger partial charge in [-0.25, -0.2) is 9.79 Å². The molecule has 0 aromatic carbocycles. The lowest BCUT2D eigenvalue weighted by Crippen LogP contribution is -2.07. The minimum Gasteiger partial charge on any atom is -0.211 e. The van der Waals surface area contributed by atoms with E-state index in [4.69, 9.17) is 33.2 Å². The highest BCUT2D eigenvalue weighted by molar-refractivity contribution is 7.64. The Morgan fingerprint density at radius 1 is 0.304 bits per heavy atom. The normalized spacial score (nSPS) is 11.7. The third-order valence-corrected chi connectivity index (χ3v) is 12.4. The summed E-state index contributed by atoms with van der Waals surface area (Å²) >= 11 is 17.8. The lowest BCUT2D eigenvalue weighted by Gasteiger charge is -2.07. The molecule has 0 spiro atoms. The molecule has 0 aliphatic heterocycles. The summed E-state index contributed by atoms with van der Waals surface area (Å²) in [5, 5.41) is 0. The fourth-order valence-corrected chi connectivity index (χ4v) is 8.60. The monoisotopic (exact) mass is 721 g/mol. The molecular weight excluding hydrogens is 645 g/mol. The minimum atomic E-state index is -2.37. The third-order valence-electron chi connectivity index (χ3n) is 9.79. The van der Waals surface area contributed by atoms with Crippen LogP contribution in [0, 0.1) is 0 Å². The highest BCUT2D eigenvalue weighted by Crippen LogP contribution is 2.27. The zero-order chi connectivity index (χ0) is 33.5. The summed E-state index contributed by atoms with van der Waals surface area (Å²) in [6, 6.07) is -1.55. The average Bonchev–Trinajstić information content (AvgIpc) is 3.03. The number of aliphatic imine (C=N–C) groups is 1. The van der Waals surface area contributed by atoms with Crippen LogP contribution in [0.4, 0.5) is 0 Å². The van der Waals surface area contributed by atoms with Gasteiger partial charge in [-0.05, 0) is 12.5 Å². The van der Waals surface area contributed by atoms with Crippen molar-refractivity contribution in [2.24, 2.45) is 4.99 Å². The molecule has 46 heavy (non-hydrogen) atoms. The van der Waals surface area contributed by atoms with Crippen LogP contribution in [-0.2, 0) is 4.79 Å². The van der Waals surface area contributed by atoms with Gasteiger partial charge < -0.3 is 0 Å². The second-order valence-electron chi connectivity index (χ2n) is 14.4. The van der Waals surface area contributed by atoms with Crippen LogP contribution in [0.15, 0.2) is 4.99 Å². The first kappa shape index (κ1) is 46.5. The SMILES string of the molecule is O=C=NCCCCCCCCCCCCCCCCCCCCCCCCCCCCCCCCCCCCCCC[Si](Cl)(Cl)Cl. The quantitative estimate of drug-likeness (QED) is 0.0204. The maximum absolute atomic E-state index is 10.0. The first-order chi connectivity index (χ1) is 22.6.